The molecule has 3 heterocycles. The Kier molecular flexibility index (Phi) is 6.24. The van der Waals surface area contributed by atoms with E-state index in [0.717, 1.165) is 61.3 Å². The highest BCUT2D eigenvalue weighted by molar-refractivity contribution is 7.98. The Morgan fingerprint density at radius 1 is 1.13 bits per heavy atom. The van der Waals surface area contributed by atoms with Gasteiger partial charge in [-0.3, -0.25) is 9.36 Å². The van der Waals surface area contributed by atoms with Gasteiger partial charge in [0.1, 0.15) is 4.83 Å². The second kappa shape index (κ2) is 8.92. The molecule has 0 radical (unpaired) electrons. The number of thiophene rings is 1. The molecule has 0 saturated carbocycles. The summed E-state index contributed by atoms with van der Waals surface area (Å²) in [5.74, 6) is 1.26. The van der Waals surface area contributed by atoms with Gasteiger partial charge in [0.2, 0.25) is 0 Å². The van der Waals surface area contributed by atoms with Gasteiger partial charge >= 0.3 is 0 Å². The topological polar surface area (TPSA) is 78.5 Å². The maximum absolute atomic E-state index is 13.3. The van der Waals surface area contributed by atoms with Crippen molar-refractivity contribution < 1.29 is 0 Å². The molecule has 0 atom stereocenters. The molecule has 0 fully saturated rings. The molecule has 0 aliphatic rings. The zero-order valence-corrected chi connectivity index (χ0v) is 20.1. The van der Waals surface area contributed by atoms with E-state index in [9.17, 15) is 4.79 Å². The fraction of sp³-hybridized carbons (Fsp3) is 0.409. The first-order valence-corrected chi connectivity index (χ1v) is 12.2. The van der Waals surface area contributed by atoms with Crippen molar-refractivity contribution >= 4 is 33.3 Å². The van der Waals surface area contributed by atoms with Crippen molar-refractivity contribution in [1.29, 1.82) is 0 Å². The standard InChI is InChI=1S/C22H26N6OS2/c1-6-7-11-27-21(29)18-15(4)16(5)31-20(18)23-22(27)30-12-17-24-25-26-28(17)19-13(2)9-8-10-14(19)3/h8-10H,6-7,11-12H2,1-5H3. The van der Waals surface area contributed by atoms with Crippen LogP contribution in [0.1, 0.15) is 47.2 Å². The Morgan fingerprint density at radius 2 is 1.87 bits per heavy atom. The molecule has 31 heavy (non-hydrogen) atoms. The third-order valence-electron chi connectivity index (χ3n) is 5.50. The van der Waals surface area contributed by atoms with E-state index in [1.807, 2.05) is 24.5 Å². The molecule has 7 nitrogen and oxygen atoms in total. The molecule has 0 N–H and O–H groups in total. The van der Waals surface area contributed by atoms with Crippen molar-refractivity contribution in [2.24, 2.45) is 0 Å². The van der Waals surface area contributed by atoms with E-state index in [-0.39, 0.29) is 5.56 Å². The van der Waals surface area contributed by atoms with E-state index in [2.05, 4.69) is 48.4 Å². The summed E-state index contributed by atoms with van der Waals surface area (Å²) in [6.07, 6.45) is 1.95. The lowest BCUT2D eigenvalue weighted by Crippen LogP contribution is -2.23. The molecule has 0 bridgehead atoms. The molecule has 0 aliphatic heterocycles. The normalized spacial score (nSPS) is 11.5. The first kappa shape index (κ1) is 21.7. The van der Waals surface area contributed by atoms with Crippen molar-refractivity contribution in [2.75, 3.05) is 0 Å². The van der Waals surface area contributed by atoms with Crippen LogP contribution in [0.2, 0.25) is 0 Å². The molecule has 4 aromatic rings. The lowest BCUT2D eigenvalue weighted by Gasteiger charge is -2.13. The van der Waals surface area contributed by atoms with Crippen LogP contribution < -0.4 is 5.56 Å². The van der Waals surface area contributed by atoms with E-state index >= 15 is 0 Å². The van der Waals surface area contributed by atoms with Crippen LogP contribution in [-0.2, 0) is 12.3 Å². The van der Waals surface area contributed by atoms with Gasteiger partial charge < -0.3 is 0 Å². The number of nitrogens with zero attached hydrogens (tertiary/aromatic N) is 6. The van der Waals surface area contributed by atoms with Gasteiger partial charge in [-0.05, 0) is 61.2 Å². The highest BCUT2D eigenvalue weighted by Crippen LogP contribution is 2.30. The Balaban J connectivity index is 1.72. The second-order valence-electron chi connectivity index (χ2n) is 7.70. The summed E-state index contributed by atoms with van der Waals surface area (Å²) in [7, 11) is 0. The van der Waals surface area contributed by atoms with Crippen LogP contribution in [0.25, 0.3) is 15.9 Å². The fourth-order valence-corrected chi connectivity index (χ4v) is 5.67. The number of hydrogen-bond acceptors (Lipinski definition) is 7. The predicted molar refractivity (Wildman–Crippen MR) is 126 cm³/mol. The minimum absolute atomic E-state index is 0.0529. The fourth-order valence-electron chi connectivity index (χ4n) is 3.67. The molecule has 1 aromatic carbocycles. The third-order valence-corrected chi connectivity index (χ3v) is 7.58. The highest BCUT2D eigenvalue weighted by atomic mass is 32.2. The van der Waals surface area contributed by atoms with Crippen LogP contribution in [0, 0.1) is 27.7 Å². The summed E-state index contributed by atoms with van der Waals surface area (Å²) < 4.78 is 3.62. The lowest BCUT2D eigenvalue weighted by atomic mass is 10.1. The average molecular weight is 455 g/mol. The molecule has 0 amide bonds. The van der Waals surface area contributed by atoms with E-state index in [4.69, 9.17) is 4.98 Å². The largest absolute Gasteiger partial charge is 0.287 e. The molecule has 162 valence electrons. The number of benzene rings is 1. The van der Waals surface area contributed by atoms with E-state index < -0.39 is 0 Å². The van der Waals surface area contributed by atoms with Crippen LogP contribution >= 0.6 is 23.1 Å². The summed E-state index contributed by atoms with van der Waals surface area (Å²) in [5, 5.41) is 13.9. The van der Waals surface area contributed by atoms with Crippen LogP contribution in [0.4, 0.5) is 0 Å². The molecule has 4 rings (SSSR count). The van der Waals surface area contributed by atoms with Gasteiger partial charge in [0, 0.05) is 11.4 Å². The molecule has 3 aromatic heterocycles. The Bertz CT molecular complexity index is 1280. The Morgan fingerprint density at radius 3 is 2.58 bits per heavy atom. The third kappa shape index (κ3) is 4.04. The number of para-hydroxylation sites is 1. The molecular weight excluding hydrogens is 428 g/mol. The SMILES string of the molecule is CCCCn1c(SCc2nnnn2-c2c(C)cccc2C)nc2sc(C)c(C)c2c1=O. The minimum Gasteiger partial charge on any atom is -0.287 e. The van der Waals surface area contributed by atoms with E-state index in [1.165, 1.54) is 11.8 Å². The quantitative estimate of drug-likeness (QED) is 0.296. The summed E-state index contributed by atoms with van der Waals surface area (Å²) in [6.45, 7) is 11.0. The van der Waals surface area contributed by atoms with Crippen LogP contribution in [0.5, 0.6) is 0 Å². The number of unbranched alkanes of at least 4 members (excludes halogenated alkanes) is 1. The van der Waals surface area contributed by atoms with Gasteiger partial charge in [-0.1, -0.05) is 43.3 Å². The Labute approximate surface area is 189 Å². The van der Waals surface area contributed by atoms with Crippen molar-refractivity contribution in [3.8, 4) is 5.69 Å². The molecule has 0 saturated heterocycles. The minimum atomic E-state index is 0.0529. The smallest absolute Gasteiger partial charge is 0.263 e. The second-order valence-corrected chi connectivity index (χ2v) is 9.85. The summed E-state index contributed by atoms with van der Waals surface area (Å²) in [4.78, 5) is 20.1. The lowest BCUT2D eigenvalue weighted by molar-refractivity contribution is 0.558. The molecule has 0 spiro atoms. The molecule has 9 heteroatoms. The average Bonchev–Trinajstić information content (AvgIpc) is 3.30. The zero-order chi connectivity index (χ0) is 22.1. The molecule has 0 unspecified atom stereocenters. The first-order chi connectivity index (χ1) is 14.9. The van der Waals surface area contributed by atoms with Crippen LogP contribution in [-0.4, -0.2) is 29.8 Å². The van der Waals surface area contributed by atoms with Crippen LogP contribution in [0.15, 0.2) is 28.2 Å². The van der Waals surface area contributed by atoms with E-state index in [1.54, 1.807) is 16.0 Å². The van der Waals surface area contributed by atoms with Crippen molar-refractivity contribution in [3.63, 3.8) is 0 Å². The first-order valence-electron chi connectivity index (χ1n) is 10.4. The highest BCUT2D eigenvalue weighted by Gasteiger charge is 2.19. The number of aryl methyl sites for hydroxylation is 4. The van der Waals surface area contributed by atoms with Gasteiger partial charge in [-0.15, -0.1) is 16.4 Å². The van der Waals surface area contributed by atoms with Gasteiger partial charge in [0.15, 0.2) is 11.0 Å². The van der Waals surface area contributed by atoms with E-state index in [0.29, 0.717) is 12.3 Å². The van der Waals surface area contributed by atoms with Crippen molar-refractivity contribution in [2.45, 2.75) is 64.9 Å². The molecular formula is C22H26N6OS2. The number of rotatable bonds is 7. The zero-order valence-electron chi connectivity index (χ0n) is 18.5. The van der Waals surface area contributed by atoms with Crippen LogP contribution in [0.3, 0.4) is 0 Å². The van der Waals surface area contributed by atoms with Crippen molar-refractivity contribution in [3.05, 3.63) is 55.9 Å². The number of thioether (sulfide) groups is 1. The van der Waals surface area contributed by atoms with Crippen molar-refractivity contribution in [1.82, 2.24) is 29.8 Å². The number of tetrazole rings is 1. The molecule has 0 aliphatic carbocycles. The van der Waals surface area contributed by atoms with Gasteiger partial charge in [-0.2, -0.15) is 4.68 Å². The predicted octanol–water partition coefficient (Wildman–Crippen LogP) is 4.76. The number of hydrogen-bond donors (Lipinski definition) is 0. The number of aromatic nitrogens is 6. The summed E-state index contributed by atoms with van der Waals surface area (Å²) >= 11 is 3.10. The number of fused-ring (bicyclic) bond motifs is 1. The Hall–Kier alpha value is -2.52. The summed E-state index contributed by atoms with van der Waals surface area (Å²) in [5.41, 5.74) is 4.32. The maximum atomic E-state index is 13.3. The monoisotopic (exact) mass is 454 g/mol. The van der Waals surface area contributed by atoms with Gasteiger partial charge in [0.25, 0.3) is 5.56 Å². The van der Waals surface area contributed by atoms with Gasteiger partial charge in [0.05, 0.1) is 16.8 Å². The summed E-state index contributed by atoms with van der Waals surface area (Å²) in [6, 6.07) is 6.14. The maximum Gasteiger partial charge on any atom is 0.263 e. The van der Waals surface area contributed by atoms with Gasteiger partial charge in [-0.25, -0.2) is 4.98 Å².